The fourth-order valence-electron chi connectivity index (χ4n) is 2.44. The van der Waals surface area contributed by atoms with Crippen molar-refractivity contribution in [3.8, 4) is 12.3 Å². The second kappa shape index (κ2) is 3.69. The Balaban J connectivity index is 2.08. The predicted octanol–water partition coefficient (Wildman–Crippen LogP) is 1.94. The highest BCUT2D eigenvalue weighted by molar-refractivity contribution is 4.95. The molecule has 1 unspecified atom stereocenters. The molecule has 1 spiro atoms. The first-order chi connectivity index (χ1) is 6.37. The first-order valence-electron chi connectivity index (χ1n) is 5.09. The van der Waals surface area contributed by atoms with E-state index in [1.165, 1.54) is 12.8 Å². The van der Waals surface area contributed by atoms with Gasteiger partial charge in [0, 0.05) is 18.8 Å². The molecule has 1 saturated carbocycles. The fourth-order valence-corrected chi connectivity index (χ4v) is 2.44. The molecule has 0 N–H and O–H groups in total. The van der Waals surface area contributed by atoms with Gasteiger partial charge in [0.05, 0.1) is 13.2 Å². The van der Waals surface area contributed by atoms with E-state index in [1.807, 2.05) is 0 Å². The Bertz CT molecular complexity index is 211. The van der Waals surface area contributed by atoms with Crippen LogP contribution in [0.3, 0.4) is 0 Å². The van der Waals surface area contributed by atoms with E-state index in [2.05, 4.69) is 5.92 Å². The molecule has 1 aliphatic heterocycles. The van der Waals surface area contributed by atoms with E-state index in [-0.39, 0.29) is 5.79 Å². The molecule has 2 rings (SSSR count). The van der Waals surface area contributed by atoms with Gasteiger partial charge in [0.15, 0.2) is 5.79 Å². The van der Waals surface area contributed by atoms with Crippen LogP contribution < -0.4 is 0 Å². The number of ether oxygens (including phenoxy) is 2. The third-order valence-corrected chi connectivity index (χ3v) is 3.09. The Labute approximate surface area is 79.6 Å². The predicted molar refractivity (Wildman–Crippen MR) is 50.0 cm³/mol. The van der Waals surface area contributed by atoms with Crippen molar-refractivity contribution in [2.75, 3.05) is 13.2 Å². The number of hydrogen-bond acceptors (Lipinski definition) is 2. The zero-order valence-corrected chi connectivity index (χ0v) is 7.92. The summed E-state index contributed by atoms with van der Waals surface area (Å²) in [5, 5.41) is 0. The van der Waals surface area contributed by atoms with Crippen molar-refractivity contribution in [2.24, 2.45) is 5.92 Å². The Hall–Kier alpha value is -0.520. The fraction of sp³-hybridized carbons (Fsp3) is 0.818. The van der Waals surface area contributed by atoms with E-state index in [4.69, 9.17) is 15.9 Å². The molecule has 2 nitrogen and oxygen atoms in total. The maximum atomic E-state index is 5.73. The minimum atomic E-state index is -0.301. The smallest absolute Gasteiger partial charge is 0.172 e. The van der Waals surface area contributed by atoms with Gasteiger partial charge in [-0.25, -0.2) is 0 Å². The van der Waals surface area contributed by atoms with Crippen molar-refractivity contribution in [2.45, 2.75) is 37.9 Å². The van der Waals surface area contributed by atoms with E-state index >= 15 is 0 Å². The molecule has 0 aromatic rings. The Morgan fingerprint density at radius 2 is 2.08 bits per heavy atom. The molecule has 72 valence electrons. The van der Waals surface area contributed by atoms with E-state index < -0.39 is 0 Å². The molecule has 1 heterocycles. The van der Waals surface area contributed by atoms with Gasteiger partial charge in [-0.3, -0.25) is 0 Å². The number of rotatable bonds is 1. The van der Waals surface area contributed by atoms with Crippen molar-refractivity contribution < 1.29 is 9.47 Å². The maximum Gasteiger partial charge on any atom is 0.172 e. The van der Waals surface area contributed by atoms with Crippen molar-refractivity contribution in [3.63, 3.8) is 0 Å². The van der Waals surface area contributed by atoms with Crippen molar-refractivity contribution >= 4 is 0 Å². The molecular formula is C11H16O2. The average molecular weight is 180 g/mol. The zero-order chi connectivity index (χ0) is 9.15. The molecule has 0 amide bonds. The van der Waals surface area contributed by atoms with Crippen LogP contribution >= 0.6 is 0 Å². The molecule has 0 bridgehead atoms. The summed E-state index contributed by atoms with van der Waals surface area (Å²) in [7, 11) is 0. The summed E-state index contributed by atoms with van der Waals surface area (Å²) in [6, 6.07) is 0. The summed E-state index contributed by atoms with van der Waals surface area (Å²) < 4.78 is 11.5. The third-order valence-electron chi connectivity index (χ3n) is 3.09. The molecule has 2 aliphatic rings. The van der Waals surface area contributed by atoms with Gasteiger partial charge in [-0.1, -0.05) is 6.42 Å². The minimum Gasteiger partial charge on any atom is -0.347 e. The standard InChI is InChI=1S/C11H16O2/c1-2-5-10-6-3-4-7-11(10)12-8-9-13-11/h1,10H,3-9H2. The van der Waals surface area contributed by atoms with Crippen LogP contribution in [0.1, 0.15) is 32.1 Å². The van der Waals surface area contributed by atoms with Crippen LogP contribution in [-0.4, -0.2) is 19.0 Å². The van der Waals surface area contributed by atoms with Gasteiger partial charge in [0.25, 0.3) is 0 Å². The van der Waals surface area contributed by atoms with Crippen LogP contribution in [0, 0.1) is 18.3 Å². The van der Waals surface area contributed by atoms with Gasteiger partial charge in [-0.05, 0) is 12.8 Å². The summed E-state index contributed by atoms with van der Waals surface area (Å²) in [5.41, 5.74) is 0. The van der Waals surface area contributed by atoms with Gasteiger partial charge in [0.2, 0.25) is 0 Å². The van der Waals surface area contributed by atoms with Gasteiger partial charge in [0.1, 0.15) is 0 Å². The number of terminal acetylenes is 1. The van der Waals surface area contributed by atoms with Gasteiger partial charge in [-0.2, -0.15) is 0 Å². The summed E-state index contributed by atoms with van der Waals surface area (Å²) in [5.74, 6) is 2.85. The van der Waals surface area contributed by atoms with Crippen LogP contribution in [0.5, 0.6) is 0 Å². The quantitative estimate of drug-likeness (QED) is 0.574. The summed E-state index contributed by atoms with van der Waals surface area (Å²) in [6.45, 7) is 1.47. The summed E-state index contributed by atoms with van der Waals surface area (Å²) in [4.78, 5) is 0. The van der Waals surface area contributed by atoms with Crippen molar-refractivity contribution in [3.05, 3.63) is 0 Å². The highest BCUT2D eigenvalue weighted by Gasteiger charge is 2.45. The second-order valence-corrected chi connectivity index (χ2v) is 3.86. The molecule has 1 atom stereocenters. The molecule has 13 heavy (non-hydrogen) atoms. The lowest BCUT2D eigenvalue weighted by Crippen LogP contribution is -2.41. The zero-order valence-electron chi connectivity index (χ0n) is 7.92. The highest BCUT2D eigenvalue weighted by Crippen LogP contribution is 2.41. The molecule has 1 aliphatic carbocycles. The Kier molecular flexibility index (Phi) is 2.57. The van der Waals surface area contributed by atoms with Gasteiger partial charge in [-0.15, -0.1) is 12.3 Å². The Morgan fingerprint density at radius 1 is 1.31 bits per heavy atom. The topological polar surface area (TPSA) is 18.5 Å². The highest BCUT2D eigenvalue weighted by atomic mass is 16.7. The summed E-state index contributed by atoms with van der Waals surface area (Å²) in [6.07, 6.45) is 10.8. The van der Waals surface area contributed by atoms with E-state index in [0.29, 0.717) is 5.92 Å². The lowest BCUT2D eigenvalue weighted by molar-refractivity contribution is -0.211. The molecule has 0 radical (unpaired) electrons. The lowest BCUT2D eigenvalue weighted by Gasteiger charge is -2.38. The van der Waals surface area contributed by atoms with Crippen molar-refractivity contribution in [1.29, 1.82) is 0 Å². The second-order valence-electron chi connectivity index (χ2n) is 3.86. The lowest BCUT2D eigenvalue weighted by atomic mass is 9.81. The number of hydrogen-bond donors (Lipinski definition) is 0. The average Bonchev–Trinajstić information content (AvgIpc) is 2.59. The normalized spacial score (nSPS) is 31.8. The van der Waals surface area contributed by atoms with Crippen LogP contribution in [0.25, 0.3) is 0 Å². The first-order valence-corrected chi connectivity index (χ1v) is 5.09. The van der Waals surface area contributed by atoms with E-state index in [9.17, 15) is 0 Å². The minimum absolute atomic E-state index is 0.301. The monoisotopic (exact) mass is 180 g/mol. The summed E-state index contributed by atoms with van der Waals surface area (Å²) >= 11 is 0. The molecule has 2 fully saturated rings. The third kappa shape index (κ3) is 1.59. The van der Waals surface area contributed by atoms with Gasteiger partial charge >= 0.3 is 0 Å². The molecular weight excluding hydrogens is 164 g/mol. The van der Waals surface area contributed by atoms with Crippen LogP contribution in [-0.2, 0) is 9.47 Å². The molecule has 2 heteroatoms. The molecule has 0 aromatic heterocycles. The van der Waals surface area contributed by atoms with Crippen molar-refractivity contribution in [1.82, 2.24) is 0 Å². The van der Waals surface area contributed by atoms with E-state index in [1.54, 1.807) is 0 Å². The largest absolute Gasteiger partial charge is 0.347 e. The molecule has 0 aromatic carbocycles. The first kappa shape index (κ1) is 9.05. The van der Waals surface area contributed by atoms with Crippen LogP contribution in [0.2, 0.25) is 0 Å². The Morgan fingerprint density at radius 3 is 2.77 bits per heavy atom. The van der Waals surface area contributed by atoms with Gasteiger partial charge < -0.3 is 9.47 Å². The molecule has 1 saturated heterocycles. The maximum absolute atomic E-state index is 5.73. The van der Waals surface area contributed by atoms with Crippen LogP contribution in [0.4, 0.5) is 0 Å². The SMILES string of the molecule is C#CCC1CCCCC12OCCO2. The van der Waals surface area contributed by atoms with Crippen LogP contribution in [0.15, 0.2) is 0 Å². The van der Waals surface area contributed by atoms with E-state index in [0.717, 1.165) is 32.5 Å².